The maximum absolute atomic E-state index is 11.0. The summed E-state index contributed by atoms with van der Waals surface area (Å²) >= 11 is 1.78. The summed E-state index contributed by atoms with van der Waals surface area (Å²) < 4.78 is 5.75. The number of piperazine rings is 1. The maximum Gasteiger partial charge on any atom is 0.153 e. The maximum atomic E-state index is 11.0. The molecule has 1 saturated heterocycles. The fourth-order valence-corrected chi connectivity index (χ4v) is 3.76. The molecule has 0 radical (unpaired) electrons. The van der Waals surface area contributed by atoms with E-state index in [0.717, 1.165) is 51.9 Å². The van der Waals surface area contributed by atoms with E-state index < -0.39 is 0 Å². The second kappa shape index (κ2) is 10.4. The minimum absolute atomic E-state index is 0.624. The van der Waals surface area contributed by atoms with Crippen molar-refractivity contribution in [2.75, 3.05) is 50.5 Å². The summed E-state index contributed by atoms with van der Waals surface area (Å²) in [4.78, 5) is 17.3. The van der Waals surface area contributed by atoms with Crippen LogP contribution in [0.3, 0.4) is 0 Å². The van der Waals surface area contributed by atoms with Crippen LogP contribution in [0.25, 0.3) is 0 Å². The van der Waals surface area contributed by atoms with Gasteiger partial charge in [-0.3, -0.25) is 9.69 Å². The standard InChI is InChI=1S/C22H28N2O2S/c1-27-21-10-8-20(9-11-21)24-15-13-23(14-16-24)12-4-5-17-26-22-7-3-2-6-19(22)18-25/h2-3,6-11,18H,4-5,12-17H2,1H3. The highest BCUT2D eigenvalue weighted by Gasteiger charge is 2.16. The Morgan fingerprint density at radius 2 is 1.74 bits per heavy atom. The van der Waals surface area contributed by atoms with E-state index in [0.29, 0.717) is 17.9 Å². The van der Waals surface area contributed by atoms with Gasteiger partial charge in [0.1, 0.15) is 5.75 Å². The second-order valence-electron chi connectivity index (χ2n) is 6.74. The first-order valence-electron chi connectivity index (χ1n) is 9.58. The Morgan fingerprint density at radius 3 is 2.44 bits per heavy atom. The predicted octanol–water partition coefficient (Wildman–Crippen LogP) is 4.20. The fourth-order valence-electron chi connectivity index (χ4n) is 3.35. The molecule has 144 valence electrons. The highest BCUT2D eigenvalue weighted by atomic mass is 32.2. The Labute approximate surface area is 166 Å². The van der Waals surface area contributed by atoms with Gasteiger partial charge in [0, 0.05) is 36.8 Å². The summed E-state index contributed by atoms with van der Waals surface area (Å²) in [5.74, 6) is 0.689. The summed E-state index contributed by atoms with van der Waals surface area (Å²) in [5.41, 5.74) is 1.95. The molecule has 0 spiro atoms. The molecule has 0 atom stereocenters. The normalized spacial score (nSPS) is 14.9. The van der Waals surface area contributed by atoms with Crippen LogP contribution in [0.15, 0.2) is 53.4 Å². The van der Waals surface area contributed by atoms with Gasteiger partial charge in [-0.05, 0) is 62.0 Å². The smallest absolute Gasteiger partial charge is 0.153 e. The van der Waals surface area contributed by atoms with Crippen LogP contribution in [0, 0.1) is 0 Å². The van der Waals surface area contributed by atoms with E-state index in [9.17, 15) is 4.79 Å². The quantitative estimate of drug-likeness (QED) is 0.368. The highest BCUT2D eigenvalue weighted by molar-refractivity contribution is 7.98. The van der Waals surface area contributed by atoms with Crippen molar-refractivity contribution < 1.29 is 9.53 Å². The van der Waals surface area contributed by atoms with E-state index in [-0.39, 0.29) is 0 Å². The van der Waals surface area contributed by atoms with Gasteiger partial charge in [0.2, 0.25) is 0 Å². The Bertz CT molecular complexity index is 713. The Hall–Kier alpha value is -1.98. The minimum Gasteiger partial charge on any atom is -0.493 e. The molecule has 2 aromatic rings. The zero-order chi connectivity index (χ0) is 18.9. The number of hydrogen-bond acceptors (Lipinski definition) is 5. The van der Waals surface area contributed by atoms with Gasteiger partial charge in [-0.2, -0.15) is 0 Å². The summed E-state index contributed by atoms with van der Waals surface area (Å²) in [6.07, 6.45) is 5.08. The predicted molar refractivity (Wildman–Crippen MR) is 113 cm³/mol. The van der Waals surface area contributed by atoms with E-state index in [4.69, 9.17) is 4.74 Å². The number of nitrogens with zero attached hydrogens (tertiary/aromatic N) is 2. The lowest BCUT2D eigenvalue weighted by Gasteiger charge is -2.36. The van der Waals surface area contributed by atoms with E-state index >= 15 is 0 Å². The topological polar surface area (TPSA) is 32.8 Å². The lowest BCUT2D eigenvalue weighted by atomic mass is 10.2. The number of carbonyl (C=O) groups excluding carboxylic acids is 1. The molecule has 0 amide bonds. The first kappa shape index (κ1) is 19.8. The molecule has 0 N–H and O–H groups in total. The second-order valence-corrected chi connectivity index (χ2v) is 7.62. The number of ether oxygens (including phenoxy) is 1. The van der Waals surface area contributed by atoms with Crippen molar-refractivity contribution in [1.82, 2.24) is 4.90 Å². The molecule has 0 aromatic heterocycles. The van der Waals surface area contributed by atoms with Crippen LogP contribution in [-0.4, -0.2) is 56.8 Å². The molecule has 27 heavy (non-hydrogen) atoms. The molecular formula is C22H28N2O2S. The average Bonchev–Trinajstić information content (AvgIpc) is 2.74. The Balaban J connectivity index is 1.33. The van der Waals surface area contributed by atoms with Crippen molar-refractivity contribution in [3.63, 3.8) is 0 Å². The molecule has 1 heterocycles. The van der Waals surface area contributed by atoms with Gasteiger partial charge in [0.25, 0.3) is 0 Å². The number of thioether (sulfide) groups is 1. The van der Waals surface area contributed by atoms with E-state index in [2.05, 4.69) is 40.3 Å². The van der Waals surface area contributed by atoms with Gasteiger partial charge in [-0.15, -0.1) is 11.8 Å². The zero-order valence-electron chi connectivity index (χ0n) is 16.0. The van der Waals surface area contributed by atoms with E-state index in [1.165, 1.54) is 10.6 Å². The Kier molecular flexibility index (Phi) is 7.60. The molecule has 4 nitrogen and oxygen atoms in total. The van der Waals surface area contributed by atoms with Crippen LogP contribution in [0.4, 0.5) is 5.69 Å². The fraction of sp³-hybridized carbons (Fsp3) is 0.409. The SMILES string of the molecule is CSc1ccc(N2CCN(CCCCOc3ccccc3C=O)CC2)cc1. The van der Waals surface area contributed by atoms with Crippen molar-refractivity contribution in [2.45, 2.75) is 17.7 Å². The van der Waals surface area contributed by atoms with E-state index in [1.54, 1.807) is 17.8 Å². The number of anilines is 1. The van der Waals surface area contributed by atoms with Crippen molar-refractivity contribution in [2.24, 2.45) is 0 Å². The molecule has 0 saturated carbocycles. The molecule has 1 fully saturated rings. The third-order valence-corrected chi connectivity index (χ3v) is 5.73. The average molecular weight is 385 g/mol. The monoisotopic (exact) mass is 384 g/mol. The zero-order valence-corrected chi connectivity index (χ0v) is 16.8. The van der Waals surface area contributed by atoms with Gasteiger partial charge in [-0.1, -0.05) is 12.1 Å². The van der Waals surface area contributed by atoms with Gasteiger partial charge in [0.05, 0.1) is 12.2 Å². The third kappa shape index (κ3) is 5.75. The molecule has 1 aliphatic heterocycles. The molecular weight excluding hydrogens is 356 g/mol. The number of para-hydroxylation sites is 1. The lowest BCUT2D eigenvalue weighted by Crippen LogP contribution is -2.46. The molecule has 2 aromatic carbocycles. The Morgan fingerprint density at radius 1 is 1.00 bits per heavy atom. The minimum atomic E-state index is 0.624. The van der Waals surface area contributed by atoms with Crippen LogP contribution in [0.1, 0.15) is 23.2 Å². The largest absolute Gasteiger partial charge is 0.493 e. The van der Waals surface area contributed by atoms with Crippen LogP contribution in [-0.2, 0) is 0 Å². The number of benzene rings is 2. The molecule has 0 unspecified atom stereocenters. The number of carbonyl (C=O) groups is 1. The molecule has 3 rings (SSSR count). The van der Waals surface area contributed by atoms with Crippen LogP contribution in [0.2, 0.25) is 0 Å². The van der Waals surface area contributed by atoms with E-state index in [1.807, 2.05) is 18.2 Å². The number of rotatable bonds is 9. The van der Waals surface area contributed by atoms with Crippen molar-refractivity contribution >= 4 is 23.7 Å². The van der Waals surface area contributed by atoms with Gasteiger partial charge < -0.3 is 9.64 Å². The van der Waals surface area contributed by atoms with Gasteiger partial charge in [0.15, 0.2) is 6.29 Å². The molecule has 5 heteroatoms. The first-order valence-corrected chi connectivity index (χ1v) is 10.8. The van der Waals surface area contributed by atoms with Crippen molar-refractivity contribution in [3.8, 4) is 5.75 Å². The summed E-state index contributed by atoms with van der Waals surface area (Å²) in [7, 11) is 0. The van der Waals surface area contributed by atoms with Gasteiger partial charge >= 0.3 is 0 Å². The van der Waals surface area contributed by atoms with Crippen LogP contribution < -0.4 is 9.64 Å². The van der Waals surface area contributed by atoms with Crippen molar-refractivity contribution in [1.29, 1.82) is 0 Å². The molecule has 1 aliphatic rings. The summed E-state index contributed by atoms with van der Waals surface area (Å²) in [5, 5.41) is 0. The highest BCUT2D eigenvalue weighted by Crippen LogP contribution is 2.21. The summed E-state index contributed by atoms with van der Waals surface area (Å²) in [6, 6.07) is 16.3. The summed E-state index contributed by atoms with van der Waals surface area (Å²) in [6.45, 7) is 6.16. The lowest BCUT2D eigenvalue weighted by molar-refractivity contribution is 0.111. The first-order chi connectivity index (χ1) is 13.3. The van der Waals surface area contributed by atoms with Gasteiger partial charge in [-0.25, -0.2) is 0 Å². The number of unbranched alkanes of at least 4 members (excludes halogenated alkanes) is 1. The third-order valence-electron chi connectivity index (χ3n) is 4.98. The number of hydrogen-bond donors (Lipinski definition) is 0. The number of aldehydes is 1. The van der Waals surface area contributed by atoms with Crippen molar-refractivity contribution in [3.05, 3.63) is 54.1 Å². The van der Waals surface area contributed by atoms with Crippen LogP contribution in [0.5, 0.6) is 5.75 Å². The molecule has 0 bridgehead atoms. The molecule has 0 aliphatic carbocycles. The van der Waals surface area contributed by atoms with Crippen LogP contribution >= 0.6 is 11.8 Å².